The van der Waals surface area contributed by atoms with E-state index in [1.54, 1.807) is 0 Å². The molecule has 1 aliphatic rings. The quantitative estimate of drug-likeness (QED) is 0.737. The number of fused-ring (bicyclic) bond motifs is 1. The van der Waals surface area contributed by atoms with E-state index in [0.717, 1.165) is 19.8 Å². The van der Waals surface area contributed by atoms with Gasteiger partial charge in [0.05, 0.1) is 13.2 Å². The van der Waals surface area contributed by atoms with Crippen LogP contribution in [0.3, 0.4) is 0 Å². The lowest BCUT2D eigenvalue weighted by molar-refractivity contribution is 0.134. The van der Waals surface area contributed by atoms with Crippen LogP contribution in [0.15, 0.2) is 18.2 Å². The van der Waals surface area contributed by atoms with Gasteiger partial charge in [0.15, 0.2) is 0 Å². The van der Waals surface area contributed by atoms with Gasteiger partial charge in [-0.3, -0.25) is 0 Å². The summed E-state index contributed by atoms with van der Waals surface area (Å²) in [5, 5.41) is 3.61. The molecule has 1 unspecified atom stereocenters. The predicted octanol–water partition coefficient (Wildman–Crippen LogP) is 3.95. The van der Waals surface area contributed by atoms with Gasteiger partial charge in [0.1, 0.15) is 0 Å². The second kappa shape index (κ2) is 6.91. The van der Waals surface area contributed by atoms with Crippen LogP contribution in [-0.4, -0.2) is 6.54 Å². The predicted molar refractivity (Wildman–Crippen MR) is 75.5 cm³/mol. The molecule has 1 aromatic carbocycles. The second-order valence-corrected chi connectivity index (χ2v) is 5.13. The molecule has 0 bridgehead atoms. The SMILES string of the molecule is CCCCCC(NCC)c1ccc2c(c1)COC2. The zero-order valence-corrected chi connectivity index (χ0v) is 11.7. The molecule has 0 saturated heterocycles. The van der Waals surface area contributed by atoms with Crippen molar-refractivity contribution < 1.29 is 4.74 Å². The molecule has 1 aliphatic heterocycles. The molecule has 2 nitrogen and oxygen atoms in total. The summed E-state index contributed by atoms with van der Waals surface area (Å²) < 4.78 is 5.49. The Hall–Kier alpha value is -0.860. The zero-order valence-electron chi connectivity index (χ0n) is 11.7. The minimum Gasteiger partial charge on any atom is -0.372 e. The van der Waals surface area contributed by atoms with Crippen molar-refractivity contribution in [1.82, 2.24) is 5.32 Å². The molecular formula is C16H25NO. The Labute approximate surface area is 111 Å². The van der Waals surface area contributed by atoms with Gasteiger partial charge >= 0.3 is 0 Å². The summed E-state index contributed by atoms with van der Waals surface area (Å²) in [6.07, 6.45) is 5.16. The van der Waals surface area contributed by atoms with E-state index >= 15 is 0 Å². The van der Waals surface area contributed by atoms with Crippen molar-refractivity contribution in [3.05, 3.63) is 34.9 Å². The minimum atomic E-state index is 0.507. The van der Waals surface area contributed by atoms with Gasteiger partial charge in [-0.2, -0.15) is 0 Å². The third kappa shape index (κ3) is 3.33. The van der Waals surface area contributed by atoms with E-state index in [1.165, 1.54) is 42.4 Å². The monoisotopic (exact) mass is 247 g/mol. The molecule has 2 heteroatoms. The fourth-order valence-corrected chi connectivity index (χ4v) is 2.64. The normalized spacial score (nSPS) is 15.7. The molecule has 0 radical (unpaired) electrons. The first kappa shape index (κ1) is 13.6. The molecule has 18 heavy (non-hydrogen) atoms. The zero-order chi connectivity index (χ0) is 12.8. The van der Waals surface area contributed by atoms with E-state index in [1.807, 2.05) is 0 Å². The fourth-order valence-electron chi connectivity index (χ4n) is 2.64. The Balaban J connectivity index is 2.04. The standard InChI is InChI=1S/C16H25NO/c1-3-5-6-7-16(17-4-2)13-8-9-14-11-18-12-15(14)10-13/h8-10,16-17H,3-7,11-12H2,1-2H3. The Morgan fingerprint density at radius 1 is 1.17 bits per heavy atom. The summed E-state index contributed by atoms with van der Waals surface area (Å²) in [4.78, 5) is 0. The van der Waals surface area contributed by atoms with E-state index in [0.29, 0.717) is 6.04 Å². The molecule has 1 N–H and O–H groups in total. The number of unbranched alkanes of at least 4 members (excludes halogenated alkanes) is 2. The summed E-state index contributed by atoms with van der Waals surface area (Å²) in [6.45, 7) is 7.05. The van der Waals surface area contributed by atoms with E-state index in [-0.39, 0.29) is 0 Å². The first-order chi connectivity index (χ1) is 8.85. The van der Waals surface area contributed by atoms with Gasteiger partial charge in [0, 0.05) is 6.04 Å². The summed E-state index contributed by atoms with van der Waals surface area (Å²) in [5.74, 6) is 0. The third-order valence-electron chi connectivity index (χ3n) is 3.69. The molecule has 2 rings (SSSR count). The van der Waals surface area contributed by atoms with Gasteiger partial charge in [0.25, 0.3) is 0 Å². The summed E-state index contributed by atoms with van der Waals surface area (Å²) >= 11 is 0. The van der Waals surface area contributed by atoms with Crippen molar-refractivity contribution in [2.75, 3.05) is 6.54 Å². The number of ether oxygens (including phenoxy) is 1. The molecule has 100 valence electrons. The van der Waals surface area contributed by atoms with Crippen molar-refractivity contribution in [3.63, 3.8) is 0 Å². The van der Waals surface area contributed by atoms with E-state index in [4.69, 9.17) is 4.74 Å². The van der Waals surface area contributed by atoms with Crippen LogP contribution in [-0.2, 0) is 18.0 Å². The lowest BCUT2D eigenvalue weighted by Crippen LogP contribution is -2.21. The van der Waals surface area contributed by atoms with Crippen molar-refractivity contribution in [2.24, 2.45) is 0 Å². The van der Waals surface area contributed by atoms with Gasteiger partial charge in [0.2, 0.25) is 0 Å². The molecule has 0 aromatic heterocycles. The number of nitrogens with one attached hydrogen (secondary N) is 1. The van der Waals surface area contributed by atoms with Gasteiger partial charge < -0.3 is 10.1 Å². The van der Waals surface area contributed by atoms with Crippen LogP contribution in [0.2, 0.25) is 0 Å². The summed E-state index contributed by atoms with van der Waals surface area (Å²) in [6, 6.07) is 7.35. The van der Waals surface area contributed by atoms with Gasteiger partial charge in [-0.1, -0.05) is 51.3 Å². The van der Waals surface area contributed by atoms with Crippen LogP contribution in [0.25, 0.3) is 0 Å². The van der Waals surface area contributed by atoms with Crippen molar-refractivity contribution in [1.29, 1.82) is 0 Å². The van der Waals surface area contributed by atoms with Crippen LogP contribution >= 0.6 is 0 Å². The largest absolute Gasteiger partial charge is 0.372 e. The molecule has 1 atom stereocenters. The second-order valence-electron chi connectivity index (χ2n) is 5.13. The molecule has 0 amide bonds. The molecule has 0 fully saturated rings. The fraction of sp³-hybridized carbons (Fsp3) is 0.625. The average molecular weight is 247 g/mol. The highest BCUT2D eigenvalue weighted by Crippen LogP contribution is 2.26. The Kier molecular flexibility index (Phi) is 5.21. The van der Waals surface area contributed by atoms with E-state index < -0.39 is 0 Å². The van der Waals surface area contributed by atoms with Crippen molar-refractivity contribution in [2.45, 2.75) is 58.8 Å². The average Bonchev–Trinajstić information content (AvgIpc) is 2.85. The van der Waals surface area contributed by atoms with Crippen molar-refractivity contribution in [3.8, 4) is 0 Å². The number of hydrogen-bond acceptors (Lipinski definition) is 2. The maximum absolute atomic E-state index is 5.49. The lowest BCUT2D eigenvalue weighted by atomic mass is 9.97. The highest BCUT2D eigenvalue weighted by atomic mass is 16.5. The van der Waals surface area contributed by atoms with Gasteiger partial charge in [-0.25, -0.2) is 0 Å². The van der Waals surface area contributed by atoms with E-state index in [2.05, 4.69) is 37.4 Å². The van der Waals surface area contributed by atoms with Crippen LogP contribution < -0.4 is 5.32 Å². The third-order valence-corrected chi connectivity index (χ3v) is 3.69. The lowest BCUT2D eigenvalue weighted by Gasteiger charge is -2.19. The number of hydrogen-bond donors (Lipinski definition) is 1. The van der Waals surface area contributed by atoms with Crippen molar-refractivity contribution >= 4 is 0 Å². The van der Waals surface area contributed by atoms with E-state index in [9.17, 15) is 0 Å². The van der Waals surface area contributed by atoms with Crippen LogP contribution in [0.4, 0.5) is 0 Å². The summed E-state index contributed by atoms with van der Waals surface area (Å²) in [7, 11) is 0. The Bertz CT molecular complexity index is 375. The maximum Gasteiger partial charge on any atom is 0.0725 e. The first-order valence-electron chi connectivity index (χ1n) is 7.28. The molecule has 0 aliphatic carbocycles. The van der Waals surface area contributed by atoms with Gasteiger partial charge in [-0.15, -0.1) is 0 Å². The summed E-state index contributed by atoms with van der Waals surface area (Å²) in [5.41, 5.74) is 4.17. The Morgan fingerprint density at radius 3 is 2.78 bits per heavy atom. The van der Waals surface area contributed by atoms with Crippen LogP contribution in [0.1, 0.15) is 62.3 Å². The van der Waals surface area contributed by atoms with Gasteiger partial charge in [-0.05, 0) is 29.7 Å². The molecule has 1 heterocycles. The topological polar surface area (TPSA) is 21.3 Å². The Morgan fingerprint density at radius 2 is 2.00 bits per heavy atom. The number of rotatable bonds is 7. The highest BCUT2D eigenvalue weighted by Gasteiger charge is 2.15. The highest BCUT2D eigenvalue weighted by molar-refractivity contribution is 5.34. The molecule has 0 spiro atoms. The maximum atomic E-state index is 5.49. The molecular weight excluding hydrogens is 222 g/mol. The number of benzene rings is 1. The first-order valence-corrected chi connectivity index (χ1v) is 7.28. The van der Waals surface area contributed by atoms with Crippen LogP contribution in [0, 0.1) is 0 Å². The van der Waals surface area contributed by atoms with Crippen LogP contribution in [0.5, 0.6) is 0 Å². The molecule has 1 aromatic rings. The molecule has 0 saturated carbocycles. The smallest absolute Gasteiger partial charge is 0.0725 e. The minimum absolute atomic E-state index is 0.507.